The average Bonchev–Trinajstić information content (AvgIpc) is 2.66. The molecule has 0 aliphatic heterocycles. The van der Waals surface area contributed by atoms with E-state index in [1.165, 1.54) is 32.2 Å². The molecule has 0 unspecified atom stereocenters. The third kappa shape index (κ3) is 5.87. The topological polar surface area (TPSA) is 64.6 Å². The summed E-state index contributed by atoms with van der Waals surface area (Å²) in [5.41, 5.74) is -0.233. The summed E-state index contributed by atoms with van der Waals surface area (Å²) in [6.07, 6.45) is -3.45. The maximum atomic E-state index is 12.7. The number of carbonyl (C=O) groups is 2. The molecule has 0 heterocycles. The van der Waals surface area contributed by atoms with E-state index in [-0.39, 0.29) is 5.56 Å². The van der Waals surface area contributed by atoms with E-state index in [4.69, 9.17) is 9.47 Å². The third-order valence-corrected chi connectivity index (χ3v) is 3.65. The number of para-hydroxylation sites is 2. The van der Waals surface area contributed by atoms with Crippen LogP contribution in [-0.4, -0.2) is 25.1 Å². The van der Waals surface area contributed by atoms with Crippen molar-refractivity contribution in [2.75, 3.05) is 12.4 Å². The Labute approximate surface area is 159 Å². The summed E-state index contributed by atoms with van der Waals surface area (Å²) in [5.74, 6) is -0.996. The molecule has 0 radical (unpaired) electrons. The minimum Gasteiger partial charge on any atom is -0.495 e. The molecule has 0 aromatic heterocycles. The molecular formula is C20H18F3NO4. The summed E-state index contributed by atoms with van der Waals surface area (Å²) in [7, 11) is 1.45. The molecule has 1 atom stereocenters. The number of anilines is 1. The highest BCUT2D eigenvalue weighted by Gasteiger charge is 2.30. The molecule has 1 amide bonds. The van der Waals surface area contributed by atoms with Crippen LogP contribution in [0.1, 0.15) is 18.1 Å². The Morgan fingerprint density at radius 1 is 1.11 bits per heavy atom. The summed E-state index contributed by atoms with van der Waals surface area (Å²) < 4.78 is 48.2. The lowest BCUT2D eigenvalue weighted by Gasteiger charge is -2.14. The smallest absolute Gasteiger partial charge is 0.416 e. The van der Waals surface area contributed by atoms with Gasteiger partial charge in [-0.1, -0.05) is 24.3 Å². The molecule has 28 heavy (non-hydrogen) atoms. The van der Waals surface area contributed by atoms with Crippen LogP contribution in [0.25, 0.3) is 6.08 Å². The summed E-state index contributed by atoms with van der Waals surface area (Å²) >= 11 is 0. The minimum absolute atomic E-state index is 0.179. The lowest BCUT2D eigenvalue weighted by Crippen LogP contribution is -2.29. The second-order valence-corrected chi connectivity index (χ2v) is 5.73. The fourth-order valence-corrected chi connectivity index (χ4v) is 2.23. The Morgan fingerprint density at radius 3 is 2.50 bits per heavy atom. The van der Waals surface area contributed by atoms with Crippen LogP contribution in [0.4, 0.5) is 18.9 Å². The van der Waals surface area contributed by atoms with Gasteiger partial charge in [0.15, 0.2) is 6.10 Å². The zero-order valence-electron chi connectivity index (χ0n) is 15.1. The van der Waals surface area contributed by atoms with Gasteiger partial charge in [0.05, 0.1) is 18.4 Å². The fourth-order valence-electron chi connectivity index (χ4n) is 2.23. The Hall–Kier alpha value is -3.29. The number of amides is 1. The number of ether oxygens (including phenoxy) is 2. The molecule has 5 nitrogen and oxygen atoms in total. The number of methoxy groups -OCH3 is 1. The van der Waals surface area contributed by atoms with Gasteiger partial charge >= 0.3 is 12.1 Å². The molecule has 0 saturated heterocycles. The molecule has 2 rings (SSSR count). The normalized spacial score (nSPS) is 12.5. The summed E-state index contributed by atoms with van der Waals surface area (Å²) in [6, 6.07) is 11.2. The first kappa shape index (κ1) is 21.0. The molecule has 8 heteroatoms. The van der Waals surface area contributed by atoms with Crippen molar-refractivity contribution in [3.63, 3.8) is 0 Å². The van der Waals surface area contributed by atoms with E-state index in [1.54, 1.807) is 24.3 Å². The van der Waals surface area contributed by atoms with Gasteiger partial charge in [-0.25, -0.2) is 4.79 Å². The number of nitrogens with one attached hydrogen (secondary N) is 1. The van der Waals surface area contributed by atoms with Crippen molar-refractivity contribution in [3.05, 3.63) is 65.7 Å². The van der Waals surface area contributed by atoms with Crippen molar-refractivity contribution in [2.24, 2.45) is 0 Å². The van der Waals surface area contributed by atoms with Crippen LogP contribution in [-0.2, 0) is 20.5 Å². The maximum Gasteiger partial charge on any atom is 0.416 e. The van der Waals surface area contributed by atoms with Crippen molar-refractivity contribution in [1.29, 1.82) is 0 Å². The maximum absolute atomic E-state index is 12.7. The fraction of sp³-hybridized carbons (Fsp3) is 0.200. The molecule has 1 N–H and O–H groups in total. The van der Waals surface area contributed by atoms with Crippen molar-refractivity contribution < 1.29 is 32.2 Å². The highest BCUT2D eigenvalue weighted by atomic mass is 19.4. The van der Waals surface area contributed by atoms with E-state index < -0.39 is 29.7 Å². The van der Waals surface area contributed by atoms with E-state index in [9.17, 15) is 22.8 Å². The number of hydrogen-bond acceptors (Lipinski definition) is 4. The van der Waals surface area contributed by atoms with E-state index in [2.05, 4.69) is 5.32 Å². The van der Waals surface area contributed by atoms with E-state index in [0.717, 1.165) is 18.2 Å². The molecular weight excluding hydrogens is 375 g/mol. The highest BCUT2D eigenvalue weighted by molar-refractivity contribution is 5.97. The van der Waals surface area contributed by atoms with Crippen LogP contribution in [0, 0.1) is 0 Å². The van der Waals surface area contributed by atoms with Gasteiger partial charge in [-0.2, -0.15) is 13.2 Å². The van der Waals surface area contributed by atoms with Gasteiger partial charge < -0.3 is 14.8 Å². The van der Waals surface area contributed by atoms with Gasteiger partial charge in [0.1, 0.15) is 5.75 Å². The number of benzene rings is 2. The standard InChI is InChI=1S/C20H18F3NO4/c1-13(19(26)24-16-8-3-4-9-17(16)27-2)28-18(25)11-10-14-6-5-7-15(12-14)20(21,22)23/h3-13H,1-2H3,(H,24,26)/b11-10+/t13-/m0/s1. The Morgan fingerprint density at radius 2 is 1.82 bits per heavy atom. The lowest BCUT2D eigenvalue weighted by molar-refractivity contribution is -0.148. The molecule has 2 aromatic carbocycles. The molecule has 0 aliphatic carbocycles. The van der Waals surface area contributed by atoms with Crippen molar-refractivity contribution in [3.8, 4) is 5.75 Å². The van der Waals surface area contributed by atoms with Gasteiger partial charge in [-0.3, -0.25) is 4.79 Å². The zero-order chi connectivity index (χ0) is 20.7. The second kappa shape index (κ2) is 9.07. The van der Waals surface area contributed by atoms with Crippen molar-refractivity contribution in [2.45, 2.75) is 19.2 Å². The van der Waals surface area contributed by atoms with Crippen LogP contribution in [0.3, 0.4) is 0 Å². The number of carbonyl (C=O) groups excluding carboxylic acids is 2. The average molecular weight is 393 g/mol. The first-order valence-electron chi connectivity index (χ1n) is 8.20. The van der Waals surface area contributed by atoms with E-state index in [0.29, 0.717) is 11.4 Å². The molecule has 148 valence electrons. The molecule has 0 saturated carbocycles. The predicted molar refractivity (Wildman–Crippen MR) is 97.7 cm³/mol. The quantitative estimate of drug-likeness (QED) is 0.587. The lowest BCUT2D eigenvalue weighted by atomic mass is 10.1. The largest absolute Gasteiger partial charge is 0.495 e. The molecule has 0 bridgehead atoms. The predicted octanol–water partition coefficient (Wildman–Crippen LogP) is 4.30. The number of hydrogen-bond donors (Lipinski definition) is 1. The van der Waals surface area contributed by atoms with Crippen molar-refractivity contribution in [1.82, 2.24) is 0 Å². The number of esters is 1. The molecule has 0 aliphatic rings. The summed E-state index contributed by atoms with van der Waals surface area (Å²) in [5, 5.41) is 2.57. The first-order valence-corrected chi connectivity index (χ1v) is 8.20. The van der Waals surface area contributed by atoms with Gasteiger partial charge in [0.25, 0.3) is 5.91 Å². The van der Waals surface area contributed by atoms with Crippen LogP contribution in [0.5, 0.6) is 5.75 Å². The van der Waals surface area contributed by atoms with Crippen LogP contribution in [0.2, 0.25) is 0 Å². The highest BCUT2D eigenvalue weighted by Crippen LogP contribution is 2.29. The summed E-state index contributed by atoms with van der Waals surface area (Å²) in [4.78, 5) is 24.0. The van der Waals surface area contributed by atoms with Gasteiger partial charge in [0, 0.05) is 6.08 Å². The monoisotopic (exact) mass is 393 g/mol. The van der Waals surface area contributed by atoms with E-state index >= 15 is 0 Å². The van der Waals surface area contributed by atoms with Crippen molar-refractivity contribution >= 4 is 23.6 Å². The number of alkyl halides is 3. The Bertz CT molecular complexity index is 878. The molecule has 0 spiro atoms. The Kier molecular flexibility index (Phi) is 6.81. The first-order chi connectivity index (χ1) is 13.2. The van der Waals surface area contributed by atoms with Gasteiger partial charge in [0.2, 0.25) is 0 Å². The minimum atomic E-state index is -4.48. The number of halogens is 3. The SMILES string of the molecule is COc1ccccc1NC(=O)[C@H](C)OC(=O)/C=C/c1cccc(C(F)(F)F)c1. The summed E-state index contributed by atoms with van der Waals surface area (Å²) in [6.45, 7) is 1.38. The Balaban J connectivity index is 1.97. The van der Waals surface area contributed by atoms with Crippen LogP contribution in [0.15, 0.2) is 54.6 Å². The zero-order valence-corrected chi connectivity index (χ0v) is 15.1. The molecule has 0 fully saturated rings. The molecule has 2 aromatic rings. The van der Waals surface area contributed by atoms with E-state index in [1.807, 2.05) is 0 Å². The van der Waals surface area contributed by atoms with Crippen LogP contribution >= 0.6 is 0 Å². The third-order valence-electron chi connectivity index (χ3n) is 3.65. The van der Waals surface area contributed by atoms with Gasteiger partial charge in [-0.15, -0.1) is 0 Å². The second-order valence-electron chi connectivity index (χ2n) is 5.73. The number of rotatable bonds is 6. The van der Waals surface area contributed by atoms with Crippen LogP contribution < -0.4 is 10.1 Å². The van der Waals surface area contributed by atoms with Gasteiger partial charge in [-0.05, 0) is 42.8 Å².